The lowest BCUT2D eigenvalue weighted by molar-refractivity contribution is -0.123. The van der Waals surface area contributed by atoms with Gasteiger partial charge >= 0.3 is 0 Å². The van der Waals surface area contributed by atoms with Gasteiger partial charge in [0.25, 0.3) is 5.91 Å². The first-order valence-electron chi connectivity index (χ1n) is 18.6. The van der Waals surface area contributed by atoms with Gasteiger partial charge in [0.2, 0.25) is 5.82 Å². The predicted octanol–water partition coefficient (Wildman–Crippen LogP) is 10.6. The van der Waals surface area contributed by atoms with Crippen LogP contribution in [0.5, 0.6) is 0 Å². The molecule has 0 unspecified atom stereocenters. The van der Waals surface area contributed by atoms with Crippen molar-refractivity contribution in [1.82, 2.24) is 25.1 Å². The largest absolute Gasteiger partial charge is 0.290 e. The Morgan fingerprint density at radius 2 is 1.29 bits per heavy atom. The van der Waals surface area contributed by atoms with Crippen molar-refractivity contribution < 1.29 is 4.79 Å². The Morgan fingerprint density at radius 1 is 0.691 bits per heavy atom. The van der Waals surface area contributed by atoms with Gasteiger partial charge in [-0.05, 0) is 68.8 Å². The van der Waals surface area contributed by atoms with E-state index in [0.717, 1.165) is 74.1 Å². The van der Waals surface area contributed by atoms with Crippen molar-refractivity contribution >= 4 is 33.7 Å². The molecule has 1 aliphatic heterocycles. The van der Waals surface area contributed by atoms with Gasteiger partial charge in [0, 0.05) is 16.5 Å². The molecule has 0 bridgehead atoms. The van der Waals surface area contributed by atoms with Gasteiger partial charge in [-0.1, -0.05) is 181 Å². The van der Waals surface area contributed by atoms with Gasteiger partial charge < -0.3 is 0 Å². The first-order valence-corrected chi connectivity index (χ1v) is 19.4. The fraction of sp³-hybridized carbons (Fsp3) is 0.128. The molecule has 0 N–H and O–H groups in total. The quantitative estimate of drug-likeness (QED) is 0.0913. The highest BCUT2D eigenvalue weighted by Gasteiger charge is 2.41. The van der Waals surface area contributed by atoms with Crippen molar-refractivity contribution in [2.45, 2.75) is 38.3 Å². The smallest absolute Gasteiger partial charge is 0.278 e. The summed E-state index contributed by atoms with van der Waals surface area (Å²) in [5.74, 6) is 1.26. The number of hydrogen-bond acceptors (Lipinski definition) is 5. The van der Waals surface area contributed by atoms with E-state index in [2.05, 4.69) is 89.6 Å². The number of unbranched alkanes of at least 4 members (excludes halogenated alkanes) is 1. The lowest BCUT2D eigenvalue weighted by Gasteiger charge is -2.34. The molecule has 1 aromatic heterocycles. The van der Waals surface area contributed by atoms with Crippen LogP contribution in [-0.4, -0.2) is 36.8 Å². The summed E-state index contributed by atoms with van der Waals surface area (Å²) in [6.45, 7) is 2.59. The number of nitrogens with zero attached hydrogens (tertiary/aromatic N) is 6. The van der Waals surface area contributed by atoms with Crippen LogP contribution in [0.2, 0.25) is 0 Å². The molecule has 1 aliphatic rings. The standard InChI is InChI=1S/C47H39BrN6O/c1-2-3-26-44-49-43(32-35-16-15-23-40(48)31-35)46(55)53(44)33-34-27-29-36(30-28-34)41-24-13-14-25-42(41)45-50-52-54(51-45)47(37-17-7-4-8-18-37,38-19-9-5-10-20-38)39-21-11-6-12-22-39/h4-25,27-32H,2-3,26,33H2,1H3/b43-32-. The van der Waals surface area contributed by atoms with E-state index in [1.807, 2.05) is 108 Å². The molecule has 0 spiro atoms. The van der Waals surface area contributed by atoms with Crippen LogP contribution in [0.25, 0.3) is 28.6 Å². The molecule has 2 heterocycles. The van der Waals surface area contributed by atoms with Crippen LogP contribution >= 0.6 is 15.9 Å². The average Bonchev–Trinajstić information content (AvgIpc) is 3.83. The number of amides is 1. The molecule has 0 saturated heterocycles. The maximum atomic E-state index is 13.7. The van der Waals surface area contributed by atoms with Gasteiger partial charge in [-0.3, -0.25) is 9.69 Å². The molecule has 0 atom stereocenters. The SMILES string of the molecule is CCCCC1=N/C(=C\c2cccc(Br)c2)C(=O)N1Cc1ccc(-c2ccccc2-c2nnn(C(c3ccccc3)(c3ccccc3)c3ccccc3)n2)cc1. The second-order valence-electron chi connectivity index (χ2n) is 13.6. The third-order valence-electron chi connectivity index (χ3n) is 9.99. The van der Waals surface area contributed by atoms with E-state index in [1.165, 1.54) is 0 Å². The Morgan fingerprint density at radius 3 is 1.89 bits per heavy atom. The van der Waals surface area contributed by atoms with E-state index in [4.69, 9.17) is 20.4 Å². The Labute approximate surface area is 329 Å². The lowest BCUT2D eigenvalue weighted by atomic mass is 9.77. The van der Waals surface area contributed by atoms with Crippen LogP contribution in [0.1, 0.15) is 54.0 Å². The Balaban J connectivity index is 1.12. The molecule has 0 fully saturated rings. The summed E-state index contributed by atoms with van der Waals surface area (Å²) >= 11 is 3.53. The highest BCUT2D eigenvalue weighted by atomic mass is 79.9. The van der Waals surface area contributed by atoms with Crippen molar-refractivity contribution in [3.05, 3.63) is 202 Å². The summed E-state index contributed by atoms with van der Waals surface area (Å²) < 4.78 is 0.959. The second kappa shape index (κ2) is 16.0. The molecule has 8 rings (SSSR count). The zero-order chi connectivity index (χ0) is 37.6. The number of halogens is 1. The van der Waals surface area contributed by atoms with Crippen molar-refractivity contribution in [2.75, 3.05) is 0 Å². The molecule has 7 aromatic rings. The maximum Gasteiger partial charge on any atom is 0.278 e. The highest BCUT2D eigenvalue weighted by Crippen LogP contribution is 2.40. The minimum atomic E-state index is -0.870. The summed E-state index contributed by atoms with van der Waals surface area (Å²) in [6, 6.07) is 55.5. The first-order chi connectivity index (χ1) is 27.0. The number of rotatable bonds is 12. The van der Waals surface area contributed by atoms with E-state index >= 15 is 0 Å². The second-order valence-corrected chi connectivity index (χ2v) is 14.5. The first kappa shape index (κ1) is 35.8. The van der Waals surface area contributed by atoms with Gasteiger partial charge in [0.15, 0.2) is 5.54 Å². The summed E-state index contributed by atoms with van der Waals surface area (Å²) in [7, 11) is 0. The minimum Gasteiger partial charge on any atom is -0.290 e. The van der Waals surface area contributed by atoms with E-state index in [9.17, 15) is 4.79 Å². The molecule has 1 amide bonds. The summed E-state index contributed by atoms with van der Waals surface area (Å²) in [6.07, 6.45) is 4.60. The van der Waals surface area contributed by atoms with E-state index in [1.54, 1.807) is 4.80 Å². The normalized spacial score (nSPS) is 13.7. The Bertz CT molecular complexity index is 2380. The summed E-state index contributed by atoms with van der Waals surface area (Å²) in [5, 5.41) is 14.7. The van der Waals surface area contributed by atoms with Gasteiger partial charge in [-0.15, -0.1) is 15.0 Å². The number of amidine groups is 1. The number of carbonyl (C=O) groups is 1. The molecule has 0 radical (unpaired) electrons. The molecule has 7 nitrogen and oxygen atoms in total. The third kappa shape index (κ3) is 7.21. The van der Waals surface area contributed by atoms with E-state index in [0.29, 0.717) is 18.1 Å². The fourth-order valence-electron chi connectivity index (χ4n) is 7.29. The molecule has 0 saturated carbocycles. The van der Waals surface area contributed by atoms with Crippen molar-refractivity contribution in [3.63, 3.8) is 0 Å². The summed E-state index contributed by atoms with van der Waals surface area (Å²) in [4.78, 5) is 22.1. The van der Waals surface area contributed by atoms with Crippen molar-refractivity contribution in [1.29, 1.82) is 0 Å². The van der Waals surface area contributed by atoms with Crippen molar-refractivity contribution in [3.8, 4) is 22.5 Å². The van der Waals surface area contributed by atoms with Gasteiger partial charge in [0.05, 0.1) is 6.54 Å². The zero-order valence-corrected chi connectivity index (χ0v) is 32.0. The number of hydrogen-bond donors (Lipinski definition) is 0. The highest BCUT2D eigenvalue weighted by molar-refractivity contribution is 9.10. The van der Waals surface area contributed by atoms with Gasteiger partial charge in [-0.25, -0.2) is 4.99 Å². The molecular weight excluding hydrogens is 744 g/mol. The molecule has 55 heavy (non-hydrogen) atoms. The summed E-state index contributed by atoms with van der Waals surface area (Å²) in [5.41, 5.74) is 7.48. The molecule has 270 valence electrons. The Hall–Kier alpha value is -6.25. The van der Waals surface area contributed by atoms with Gasteiger partial charge in [-0.2, -0.15) is 0 Å². The lowest BCUT2D eigenvalue weighted by Crippen LogP contribution is -2.39. The maximum absolute atomic E-state index is 13.7. The third-order valence-corrected chi connectivity index (χ3v) is 10.5. The minimum absolute atomic E-state index is 0.0766. The number of aliphatic imine (C=N–C) groups is 1. The monoisotopic (exact) mass is 782 g/mol. The van der Waals surface area contributed by atoms with Crippen LogP contribution in [0.3, 0.4) is 0 Å². The van der Waals surface area contributed by atoms with Crippen LogP contribution in [0.15, 0.2) is 179 Å². The predicted molar refractivity (Wildman–Crippen MR) is 223 cm³/mol. The number of carbonyl (C=O) groups excluding carboxylic acids is 1. The molecule has 6 aromatic carbocycles. The van der Waals surface area contributed by atoms with E-state index in [-0.39, 0.29) is 5.91 Å². The van der Waals surface area contributed by atoms with Crippen molar-refractivity contribution in [2.24, 2.45) is 4.99 Å². The topological polar surface area (TPSA) is 76.3 Å². The number of aromatic nitrogens is 4. The van der Waals surface area contributed by atoms with Gasteiger partial charge in [0.1, 0.15) is 11.5 Å². The van der Waals surface area contributed by atoms with Crippen LogP contribution in [0, 0.1) is 0 Å². The molecular formula is C47H39BrN6O. The van der Waals surface area contributed by atoms with Crippen LogP contribution < -0.4 is 0 Å². The number of benzene rings is 6. The van der Waals surface area contributed by atoms with Crippen LogP contribution in [-0.2, 0) is 16.9 Å². The fourth-order valence-corrected chi connectivity index (χ4v) is 7.71. The molecule has 0 aliphatic carbocycles. The van der Waals surface area contributed by atoms with Crippen LogP contribution in [0.4, 0.5) is 0 Å². The molecule has 8 heteroatoms. The average molecular weight is 784 g/mol. The van der Waals surface area contributed by atoms with E-state index < -0.39 is 5.54 Å². The Kier molecular flexibility index (Phi) is 10.4. The zero-order valence-electron chi connectivity index (χ0n) is 30.5. The number of tetrazole rings is 1.